The summed E-state index contributed by atoms with van der Waals surface area (Å²) in [5.74, 6) is -1.22. The summed E-state index contributed by atoms with van der Waals surface area (Å²) in [6.07, 6.45) is -1.26. The van der Waals surface area contributed by atoms with Crippen LogP contribution in [0.4, 0.5) is 5.69 Å². The average Bonchev–Trinajstić information content (AvgIpc) is 2.29. The second-order valence-corrected chi connectivity index (χ2v) is 3.94. The van der Waals surface area contributed by atoms with Gasteiger partial charge in [-0.1, -0.05) is 12.1 Å². The molecular weight excluding hydrogens is 246 g/mol. The number of nitrogens with zero attached hydrogens (tertiary/aromatic N) is 1. The van der Waals surface area contributed by atoms with Gasteiger partial charge in [-0.3, -0.25) is 14.9 Å². The molecule has 0 spiro atoms. The molecule has 0 aliphatic heterocycles. The minimum Gasteiger partial charge on any atom is -0.387 e. The molecule has 0 radical (unpaired) electrons. The van der Waals surface area contributed by atoms with E-state index in [9.17, 15) is 20.0 Å². The highest BCUT2D eigenvalue weighted by Crippen LogP contribution is 2.30. The molecule has 1 rings (SSSR count). The number of carbonyl (C=O) groups excluding carboxylic acids is 1. The number of ketones is 1. The third-order valence-electron chi connectivity index (χ3n) is 2.52. The number of Topliss-reactive ketones (excluding diaryl/α,β-unsaturated/α-hetero) is 1. The van der Waals surface area contributed by atoms with Gasteiger partial charge in [0.1, 0.15) is 5.78 Å². The first kappa shape index (κ1) is 13.6. The number of hydrogen-bond acceptors (Lipinski definition) is 4. The fraction of sp³-hybridized carbons (Fsp3) is 0.364. The quantitative estimate of drug-likeness (QED) is 0.497. The van der Waals surface area contributed by atoms with Crippen molar-refractivity contribution in [3.8, 4) is 0 Å². The van der Waals surface area contributed by atoms with Crippen LogP contribution in [0.5, 0.6) is 0 Å². The van der Waals surface area contributed by atoms with Crippen molar-refractivity contribution in [3.63, 3.8) is 0 Å². The Morgan fingerprint density at radius 1 is 1.53 bits per heavy atom. The molecule has 0 saturated carbocycles. The van der Waals surface area contributed by atoms with Crippen LogP contribution in [0.3, 0.4) is 0 Å². The van der Waals surface area contributed by atoms with Crippen molar-refractivity contribution in [1.82, 2.24) is 0 Å². The number of nitro groups is 1. The van der Waals surface area contributed by atoms with E-state index >= 15 is 0 Å². The zero-order valence-electron chi connectivity index (χ0n) is 9.17. The van der Waals surface area contributed by atoms with Gasteiger partial charge in [-0.2, -0.15) is 0 Å². The number of halogens is 1. The number of aliphatic hydroxyl groups excluding tert-OH is 1. The average molecular weight is 258 g/mol. The number of carbonyl (C=O) groups is 1. The number of benzene rings is 1. The highest BCUT2D eigenvalue weighted by Gasteiger charge is 2.29. The second-order valence-electron chi connectivity index (χ2n) is 3.63. The molecule has 0 heterocycles. The summed E-state index contributed by atoms with van der Waals surface area (Å²) in [6.45, 7) is 1.30. The molecule has 0 unspecified atom stereocenters. The van der Waals surface area contributed by atoms with Crippen LogP contribution in [0, 0.1) is 16.0 Å². The lowest BCUT2D eigenvalue weighted by molar-refractivity contribution is -0.386. The monoisotopic (exact) mass is 257 g/mol. The zero-order chi connectivity index (χ0) is 13.0. The SMILES string of the molecule is CC(=O)[C@H](CCl)[C@H](O)c1ccccc1[N+](=O)[O-]. The Morgan fingerprint density at radius 2 is 2.12 bits per heavy atom. The first-order valence-electron chi connectivity index (χ1n) is 4.96. The number of aliphatic hydroxyl groups is 1. The Morgan fingerprint density at radius 3 is 2.59 bits per heavy atom. The largest absolute Gasteiger partial charge is 0.387 e. The highest BCUT2D eigenvalue weighted by molar-refractivity contribution is 6.19. The number of nitro benzene ring substituents is 1. The van der Waals surface area contributed by atoms with E-state index in [0.29, 0.717) is 0 Å². The summed E-state index contributed by atoms with van der Waals surface area (Å²) in [7, 11) is 0. The van der Waals surface area contributed by atoms with E-state index < -0.39 is 16.9 Å². The Kier molecular flexibility index (Phi) is 4.60. The van der Waals surface area contributed by atoms with Crippen LogP contribution in [0.2, 0.25) is 0 Å². The van der Waals surface area contributed by atoms with Gasteiger partial charge < -0.3 is 5.11 Å². The molecule has 0 saturated heterocycles. The molecule has 1 N–H and O–H groups in total. The summed E-state index contributed by atoms with van der Waals surface area (Å²) in [6, 6.07) is 5.77. The van der Waals surface area contributed by atoms with E-state index in [1.165, 1.54) is 25.1 Å². The fourth-order valence-corrected chi connectivity index (χ4v) is 1.92. The van der Waals surface area contributed by atoms with Gasteiger partial charge in [-0.25, -0.2) is 0 Å². The standard InChI is InChI=1S/C11H12ClNO4/c1-7(14)9(6-12)11(15)8-4-2-3-5-10(8)13(16)17/h2-5,9,11,15H,6H2,1H3/t9-,11+/m0/s1. The van der Waals surface area contributed by atoms with Crippen LogP contribution in [0.1, 0.15) is 18.6 Å². The third kappa shape index (κ3) is 3.01. The molecule has 1 aromatic carbocycles. The van der Waals surface area contributed by atoms with Gasteiger partial charge >= 0.3 is 0 Å². The smallest absolute Gasteiger partial charge is 0.275 e. The summed E-state index contributed by atoms with van der Waals surface area (Å²) >= 11 is 5.59. The minimum atomic E-state index is -1.26. The van der Waals surface area contributed by atoms with Crippen molar-refractivity contribution in [3.05, 3.63) is 39.9 Å². The maximum Gasteiger partial charge on any atom is 0.275 e. The number of para-hydroxylation sites is 1. The summed E-state index contributed by atoms with van der Waals surface area (Å²) in [5.41, 5.74) is -0.102. The Labute approximate surface area is 103 Å². The Bertz CT molecular complexity index is 435. The van der Waals surface area contributed by atoms with Crippen molar-refractivity contribution >= 4 is 23.1 Å². The number of alkyl halides is 1. The second kappa shape index (κ2) is 5.75. The zero-order valence-corrected chi connectivity index (χ0v) is 9.92. The van der Waals surface area contributed by atoms with Crippen LogP contribution in [-0.2, 0) is 4.79 Å². The highest BCUT2D eigenvalue weighted by atomic mass is 35.5. The van der Waals surface area contributed by atoms with E-state index in [1.54, 1.807) is 6.07 Å². The summed E-state index contributed by atoms with van der Waals surface area (Å²) in [5, 5.41) is 20.8. The predicted octanol–water partition coefficient (Wildman–Crippen LogP) is 2.07. The summed E-state index contributed by atoms with van der Waals surface area (Å²) < 4.78 is 0. The van der Waals surface area contributed by atoms with Gasteiger partial charge in [-0.05, 0) is 13.0 Å². The van der Waals surface area contributed by atoms with Crippen molar-refractivity contribution in [2.45, 2.75) is 13.0 Å². The van der Waals surface area contributed by atoms with E-state index in [-0.39, 0.29) is 22.9 Å². The minimum absolute atomic E-state index is 0.0808. The van der Waals surface area contributed by atoms with Crippen molar-refractivity contribution in [2.75, 3.05) is 5.88 Å². The van der Waals surface area contributed by atoms with E-state index in [2.05, 4.69) is 0 Å². The van der Waals surface area contributed by atoms with Crippen LogP contribution in [0.15, 0.2) is 24.3 Å². The molecule has 0 fully saturated rings. The van der Waals surface area contributed by atoms with Gasteiger partial charge in [0.05, 0.1) is 22.5 Å². The molecule has 0 aliphatic rings. The molecule has 17 heavy (non-hydrogen) atoms. The maximum atomic E-state index is 11.3. The van der Waals surface area contributed by atoms with Gasteiger partial charge in [0, 0.05) is 11.9 Å². The van der Waals surface area contributed by atoms with Crippen molar-refractivity contribution in [1.29, 1.82) is 0 Å². The molecule has 0 aliphatic carbocycles. The molecule has 0 bridgehead atoms. The first-order chi connectivity index (χ1) is 7.99. The molecule has 5 nitrogen and oxygen atoms in total. The normalized spacial score (nSPS) is 14.1. The van der Waals surface area contributed by atoms with Crippen molar-refractivity contribution in [2.24, 2.45) is 5.92 Å². The summed E-state index contributed by atoms with van der Waals surface area (Å²) in [4.78, 5) is 21.4. The van der Waals surface area contributed by atoms with E-state index in [0.717, 1.165) is 0 Å². The van der Waals surface area contributed by atoms with Crippen LogP contribution < -0.4 is 0 Å². The topological polar surface area (TPSA) is 80.4 Å². The molecule has 6 heteroatoms. The lowest BCUT2D eigenvalue weighted by Gasteiger charge is -2.18. The van der Waals surface area contributed by atoms with Crippen LogP contribution in [0.25, 0.3) is 0 Å². The first-order valence-corrected chi connectivity index (χ1v) is 5.50. The fourth-order valence-electron chi connectivity index (χ4n) is 1.54. The Hall–Kier alpha value is -1.46. The molecule has 1 aromatic rings. The predicted molar refractivity (Wildman–Crippen MR) is 62.9 cm³/mol. The van der Waals surface area contributed by atoms with E-state index in [1.807, 2.05) is 0 Å². The molecule has 2 atom stereocenters. The van der Waals surface area contributed by atoms with Gasteiger partial charge in [0.25, 0.3) is 5.69 Å². The van der Waals surface area contributed by atoms with Gasteiger partial charge in [-0.15, -0.1) is 11.6 Å². The lowest BCUT2D eigenvalue weighted by atomic mass is 9.93. The van der Waals surface area contributed by atoms with Gasteiger partial charge in [0.15, 0.2) is 0 Å². The van der Waals surface area contributed by atoms with Crippen molar-refractivity contribution < 1.29 is 14.8 Å². The lowest BCUT2D eigenvalue weighted by Crippen LogP contribution is -2.22. The van der Waals surface area contributed by atoms with Crippen LogP contribution >= 0.6 is 11.6 Å². The van der Waals surface area contributed by atoms with Gasteiger partial charge in [0.2, 0.25) is 0 Å². The molecular formula is C11H12ClNO4. The Balaban J connectivity index is 3.15. The molecule has 0 amide bonds. The molecule has 0 aromatic heterocycles. The third-order valence-corrected chi connectivity index (χ3v) is 2.85. The van der Waals surface area contributed by atoms with E-state index in [4.69, 9.17) is 11.6 Å². The molecule has 92 valence electrons. The number of hydrogen-bond donors (Lipinski definition) is 1. The van der Waals surface area contributed by atoms with Crippen LogP contribution in [-0.4, -0.2) is 21.7 Å². The number of rotatable bonds is 5. The maximum absolute atomic E-state index is 11.3.